The lowest BCUT2D eigenvalue weighted by Gasteiger charge is -2.33. The van der Waals surface area contributed by atoms with Gasteiger partial charge in [-0.1, -0.05) is 150 Å². The van der Waals surface area contributed by atoms with E-state index in [-0.39, 0.29) is 4.75 Å². The Hall–Kier alpha value is 0.460. The van der Waals surface area contributed by atoms with Crippen LogP contribution in [0.25, 0.3) is 0 Å². The van der Waals surface area contributed by atoms with Gasteiger partial charge in [0.15, 0.2) is 5.34 Å². The monoisotopic (exact) mass is 564 g/mol. The summed E-state index contributed by atoms with van der Waals surface area (Å²) in [5.74, 6) is 0.337. The van der Waals surface area contributed by atoms with E-state index in [9.17, 15) is 9.67 Å². The van der Waals surface area contributed by atoms with E-state index < -0.39 is 12.9 Å². The molecule has 0 spiro atoms. The van der Waals surface area contributed by atoms with E-state index in [2.05, 4.69) is 34.6 Å². The van der Waals surface area contributed by atoms with Gasteiger partial charge in [-0.15, -0.1) is 0 Å². The van der Waals surface area contributed by atoms with Crippen molar-refractivity contribution >= 4 is 19.4 Å². The predicted molar refractivity (Wildman–Crippen MR) is 166 cm³/mol. The summed E-state index contributed by atoms with van der Waals surface area (Å²) >= 11 is 1.60. The van der Waals surface area contributed by atoms with Crippen molar-refractivity contribution in [2.45, 2.75) is 180 Å². The van der Waals surface area contributed by atoms with Gasteiger partial charge in [-0.05, 0) is 19.8 Å². The number of unbranched alkanes of at least 4 members (excludes halogenated alkanes) is 18. The number of aliphatic hydroxyl groups is 1. The summed E-state index contributed by atoms with van der Waals surface area (Å²) in [4.78, 5) is 0. The molecule has 37 heavy (non-hydrogen) atoms. The number of thioether (sulfide) groups is 1. The molecule has 0 aromatic heterocycles. The van der Waals surface area contributed by atoms with Crippen molar-refractivity contribution < 1.29 is 18.7 Å². The average molecular weight is 565 g/mol. The number of hydrogen-bond donors (Lipinski definition) is 1. The van der Waals surface area contributed by atoms with E-state index in [4.69, 9.17) is 9.05 Å². The normalized spacial score (nSPS) is 14.2. The fourth-order valence-corrected chi connectivity index (χ4v) is 7.20. The molecular weight excluding hydrogens is 499 g/mol. The Bertz CT molecular complexity index is 518. The Morgan fingerprint density at radius 1 is 0.568 bits per heavy atom. The van der Waals surface area contributed by atoms with Crippen LogP contribution in [0.15, 0.2) is 0 Å². The minimum absolute atomic E-state index is 0.0259. The Balaban J connectivity index is 4.36. The van der Waals surface area contributed by atoms with Crippen LogP contribution in [-0.2, 0) is 13.6 Å². The van der Waals surface area contributed by atoms with Crippen molar-refractivity contribution in [1.82, 2.24) is 0 Å². The van der Waals surface area contributed by atoms with Crippen molar-refractivity contribution in [3.63, 3.8) is 0 Å². The molecule has 1 unspecified atom stereocenters. The van der Waals surface area contributed by atoms with Crippen LogP contribution in [-0.4, -0.2) is 34.2 Å². The van der Waals surface area contributed by atoms with Crippen LogP contribution in [0.3, 0.4) is 0 Å². The second-order valence-electron chi connectivity index (χ2n) is 12.1. The van der Waals surface area contributed by atoms with Crippen molar-refractivity contribution in [3.05, 3.63) is 0 Å². The SMILES string of the molecule is CCCCCCCCCCCCOP(=O)(OCCCCCCCCCCCC)C(C)(O)CSC(C)(C)C. The summed E-state index contributed by atoms with van der Waals surface area (Å²) in [6.07, 6.45) is 24.9. The molecule has 0 aromatic rings. The summed E-state index contributed by atoms with van der Waals surface area (Å²) < 4.78 is 25.5. The summed E-state index contributed by atoms with van der Waals surface area (Å²) in [6, 6.07) is 0. The summed E-state index contributed by atoms with van der Waals surface area (Å²) in [5, 5.41) is 9.70. The van der Waals surface area contributed by atoms with Crippen molar-refractivity contribution in [1.29, 1.82) is 0 Å². The topological polar surface area (TPSA) is 55.8 Å². The summed E-state index contributed by atoms with van der Waals surface area (Å²) in [6.45, 7) is 13.2. The van der Waals surface area contributed by atoms with Gasteiger partial charge in [0, 0.05) is 10.5 Å². The predicted octanol–water partition coefficient (Wildman–Crippen LogP) is 11.3. The van der Waals surface area contributed by atoms with E-state index in [1.165, 1.54) is 103 Å². The Kier molecular flexibility index (Phi) is 23.5. The van der Waals surface area contributed by atoms with Crippen LogP contribution in [0.2, 0.25) is 0 Å². The minimum Gasteiger partial charge on any atom is -0.377 e. The van der Waals surface area contributed by atoms with E-state index in [0.717, 1.165) is 25.7 Å². The lowest BCUT2D eigenvalue weighted by Crippen LogP contribution is -2.32. The van der Waals surface area contributed by atoms with Gasteiger partial charge in [-0.25, -0.2) is 0 Å². The van der Waals surface area contributed by atoms with Gasteiger partial charge in [-0.3, -0.25) is 4.57 Å². The fourth-order valence-electron chi connectivity index (χ4n) is 4.30. The third-order valence-corrected chi connectivity index (χ3v) is 11.1. The van der Waals surface area contributed by atoms with Crippen molar-refractivity contribution in [3.8, 4) is 0 Å². The van der Waals surface area contributed by atoms with Crippen LogP contribution in [0.1, 0.15) is 170 Å². The maximum atomic E-state index is 13.8. The molecule has 0 aliphatic carbocycles. The molecule has 0 bridgehead atoms. The van der Waals surface area contributed by atoms with Gasteiger partial charge in [0.2, 0.25) is 0 Å². The number of hydrogen-bond acceptors (Lipinski definition) is 5. The quantitative estimate of drug-likeness (QED) is 0.0794. The molecule has 0 aliphatic rings. The highest BCUT2D eigenvalue weighted by Gasteiger charge is 2.46. The van der Waals surface area contributed by atoms with Crippen LogP contribution < -0.4 is 0 Å². The van der Waals surface area contributed by atoms with Crippen molar-refractivity contribution in [2.24, 2.45) is 0 Å². The highest BCUT2D eigenvalue weighted by Crippen LogP contribution is 2.60. The molecule has 224 valence electrons. The third-order valence-electron chi connectivity index (χ3n) is 6.89. The highest BCUT2D eigenvalue weighted by atomic mass is 32.2. The first kappa shape index (κ1) is 37.5. The zero-order chi connectivity index (χ0) is 27.9. The molecule has 0 radical (unpaired) electrons. The fraction of sp³-hybridized carbons (Fsp3) is 1.00. The Labute approximate surface area is 236 Å². The first-order chi connectivity index (χ1) is 17.6. The lowest BCUT2D eigenvalue weighted by atomic mass is 10.1. The maximum Gasteiger partial charge on any atom is 0.362 e. The van der Waals surface area contributed by atoms with E-state index in [1.807, 2.05) is 0 Å². The van der Waals surface area contributed by atoms with Gasteiger partial charge < -0.3 is 14.2 Å². The van der Waals surface area contributed by atoms with Crippen LogP contribution in [0, 0.1) is 0 Å². The molecule has 1 N–H and O–H groups in total. The molecule has 0 heterocycles. The van der Waals surface area contributed by atoms with E-state index in [0.29, 0.717) is 19.0 Å². The second-order valence-corrected chi connectivity index (χ2v) is 16.4. The molecule has 0 aromatic carbocycles. The first-order valence-corrected chi connectivity index (χ1v) is 18.4. The van der Waals surface area contributed by atoms with Gasteiger partial charge in [0.05, 0.1) is 13.2 Å². The molecule has 0 fully saturated rings. The third kappa shape index (κ3) is 21.9. The molecule has 6 heteroatoms. The van der Waals surface area contributed by atoms with Gasteiger partial charge in [0.25, 0.3) is 0 Å². The van der Waals surface area contributed by atoms with Crippen LogP contribution in [0.4, 0.5) is 0 Å². The molecule has 1 atom stereocenters. The first-order valence-electron chi connectivity index (χ1n) is 15.8. The zero-order valence-electron chi connectivity index (χ0n) is 25.8. The molecule has 0 aliphatic heterocycles. The standard InChI is InChI=1S/C31H65O4PS/c1-7-9-11-13-15-17-19-21-23-25-27-34-36(33,31(6,32)29-37-30(3,4)5)35-28-26-24-22-20-18-16-14-12-10-8-2/h32H,7-29H2,1-6H3. The van der Waals surface area contributed by atoms with Gasteiger partial charge in [-0.2, -0.15) is 11.8 Å². The van der Waals surface area contributed by atoms with Gasteiger partial charge >= 0.3 is 7.60 Å². The molecular formula is C31H65O4PS. The van der Waals surface area contributed by atoms with Crippen LogP contribution in [0.5, 0.6) is 0 Å². The lowest BCUT2D eigenvalue weighted by molar-refractivity contribution is 0.0923. The van der Waals surface area contributed by atoms with Crippen LogP contribution >= 0.6 is 19.4 Å². The zero-order valence-corrected chi connectivity index (χ0v) is 27.5. The second kappa shape index (κ2) is 23.2. The summed E-state index contributed by atoms with van der Waals surface area (Å²) in [5.41, 5.74) is 0. The summed E-state index contributed by atoms with van der Waals surface area (Å²) in [7, 11) is -3.63. The minimum atomic E-state index is -3.63. The Morgan fingerprint density at radius 2 is 0.865 bits per heavy atom. The highest BCUT2D eigenvalue weighted by molar-refractivity contribution is 8.00. The van der Waals surface area contributed by atoms with Gasteiger partial charge in [0.1, 0.15) is 0 Å². The number of rotatable bonds is 27. The molecule has 4 nitrogen and oxygen atoms in total. The van der Waals surface area contributed by atoms with E-state index in [1.54, 1.807) is 18.7 Å². The maximum absolute atomic E-state index is 13.8. The smallest absolute Gasteiger partial charge is 0.362 e. The average Bonchev–Trinajstić information content (AvgIpc) is 2.84. The van der Waals surface area contributed by atoms with Crippen molar-refractivity contribution in [2.75, 3.05) is 19.0 Å². The molecule has 0 saturated heterocycles. The molecule has 0 amide bonds. The Morgan fingerprint density at radius 3 is 1.16 bits per heavy atom. The molecule has 0 saturated carbocycles. The van der Waals surface area contributed by atoms with E-state index >= 15 is 0 Å². The largest absolute Gasteiger partial charge is 0.377 e. The molecule has 0 rings (SSSR count).